The zero-order valence-electron chi connectivity index (χ0n) is 14.9. The number of hydrogen-bond donors (Lipinski definition) is 1. The van der Waals surface area contributed by atoms with Crippen molar-refractivity contribution in [2.24, 2.45) is 5.92 Å². The fraction of sp³-hybridized carbons (Fsp3) is 0.316. The molecule has 0 saturated heterocycles. The van der Waals surface area contributed by atoms with Gasteiger partial charge in [0.25, 0.3) is 10.0 Å². The first-order chi connectivity index (χ1) is 12.3. The van der Waals surface area contributed by atoms with Gasteiger partial charge in [-0.3, -0.25) is 9.10 Å². The van der Waals surface area contributed by atoms with Gasteiger partial charge >= 0.3 is 0 Å². The fourth-order valence-corrected chi connectivity index (χ4v) is 3.86. The van der Waals surface area contributed by atoms with Crippen LogP contribution >= 0.6 is 0 Å². The quantitative estimate of drug-likeness (QED) is 0.767. The minimum Gasteiger partial charge on any atom is -0.355 e. The van der Waals surface area contributed by atoms with E-state index in [4.69, 9.17) is 0 Å². The molecule has 1 amide bonds. The van der Waals surface area contributed by atoms with Crippen LogP contribution in [0.15, 0.2) is 59.5 Å². The molecular weight excluding hydrogens is 355 g/mol. The van der Waals surface area contributed by atoms with E-state index in [-0.39, 0.29) is 0 Å². The minimum atomic E-state index is -4.22. The topological polar surface area (TPSA) is 66.5 Å². The Morgan fingerprint density at radius 3 is 2.31 bits per heavy atom. The third-order valence-electron chi connectivity index (χ3n) is 3.78. The zero-order valence-corrected chi connectivity index (χ0v) is 15.7. The Hall–Kier alpha value is -2.41. The normalized spacial score (nSPS) is 11.4. The number of carbonyl (C=O) groups is 1. The summed E-state index contributed by atoms with van der Waals surface area (Å²) in [5, 5.41) is 2.71. The summed E-state index contributed by atoms with van der Waals surface area (Å²) in [7, 11) is -4.22. The van der Waals surface area contributed by atoms with Gasteiger partial charge in [0.15, 0.2) is 0 Å². The molecule has 0 atom stereocenters. The highest BCUT2D eigenvalue weighted by Crippen LogP contribution is 2.24. The number of sulfonamides is 1. The molecule has 0 aliphatic heterocycles. The smallest absolute Gasteiger partial charge is 0.267 e. The van der Waals surface area contributed by atoms with Crippen molar-refractivity contribution in [3.8, 4) is 0 Å². The molecule has 0 radical (unpaired) electrons. The van der Waals surface area contributed by atoms with Crippen LogP contribution in [0.2, 0.25) is 0 Å². The van der Waals surface area contributed by atoms with Gasteiger partial charge in [0.1, 0.15) is 17.3 Å². The summed E-state index contributed by atoms with van der Waals surface area (Å²) >= 11 is 0. The predicted molar refractivity (Wildman–Crippen MR) is 99.8 cm³/mol. The maximum atomic E-state index is 14.1. The Kier molecular flexibility index (Phi) is 6.74. The van der Waals surface area contributed by atoms with E-state index in [2.05, 4.69) is 5.32 Å². The highest BCUT2D eigenvalue weighted by atomic mass is 32.2. The lowest BCUT2D eigenvalue weighted by molar-refractivity contribution is -0.119. The van der Waals surface area contributed by atoms with Crippen molar-refractivity contribution < 1.29 is 17.6 Å². The highest BCUT2D eigenvalue weighted by molar-refractivity contribution is 7.92. The van der Waals surface area contributed by atoms with Crippen molar-refractivity contribution in [1.29, 1.82) is 0 Å². The molecule has 7 heteroatoms. The molecule has 2 aromatic rings. The lowest BCUT2D eigenvalue weighted by Crippen LogP contribution is -2.41. The van der Waals surface area contributed by atoms with E-state index in [1.165, 1.54) is 18.2 Å². The van der Waals surface area contributed by atoms with Gasteiger partial charge in [0, 0.05) is 6.54 Å². The summed E-state index contributed by atoms with van der Waals surface area (Å²) in [6, 6.07) is 13.3. The lowest BCUT2D eigenvalue weighted by Gasteiger charge is -2.24. The summed E-state index contributed by atoms with van der Waals surface area (Å²) in [5.41, 5.74) is 0.301. The van der Waals surface area contributed by atoms with E-state index in [0.29, 0.717) is 18.2 Å². The molecule has 0 fully saturated rings. The number of benzene rings is 2. The first-order valence-electron chi connectivity index (χ1n) is 8.41. The lowest BCUT2D eigenvalue weighted by atomic mass is 10.1. The summed E-state index contributed by atoms with van der Waals surface area (Å²) in [6.45, 7) is 4.10. The van der Waals surface area contributed by atoms with Gasteiger partial charge < -0.3 is 5.32 Å². The van der Waals surface area contributed by atoms with Gasteiger partial charge in [0.2, 0.25) is 5.91 Å². The third kappa shape index (κ3) is 5.05. The van der Waals surface area contributed by atoms with Gasteiger partial charge in [-0.25, -0.2) is 12.8 Å². The van der Waals surface area contributed by atoms with E-state index in [9.17, 15) is 17.6 Å². The van der Waals surface area contributed by atoms with Crippen LogP contribution in [0, 0.1) is 11.7 Å². The van der Waals surface area contributed by atoms with Gasteiger partial charge in [-0.15, -0.1) is 0 Å². The molecule has 0 saturated carbocycles. The molecule has 0 aromatic heterocycles. The standard InChI is InChI=1S/C19H23FN2O3S/c1-15(2)12-13-21-19(23)14-22(16-8-4-3-5-9-16)26(24,25)18-11-7-6-10-17(18)20/h3-11,15H,12-14H2,1-2H3,(H,21,23). The van der Waals surface area contributed by atoms with E-state index < -0.39 is 33.2 Å². The van der Waals surface area contributed by atoms with Crippen molar-refractivity contribution >= 4 is 21.6 Å². The number of halogens is 1. The molecule has 0 bridgehead atoms. The highest BCUT2D eigenvalue weighted by Gasteiger charge is 2.29. The molecule has 0 heterocycles. The van der Waals surface area contributed by atoms with Crippen molar-refractivity contribution in [3.63, 3.8) is 0 Å². The molecule has 5 nitrogen and oxygen atoms in total. The van der Waals surface area contributed by atoms with Crippen molar-refractivity contribution in [1.82, 2.24) is 5.32 Å². The van der Waals surface area contributed by atoms with Crippen LogP contribution in [-0.4, -0.2) is 27.4 Å². The summed E-state index contributed by atoms with van der Waals surface area (Å²) in [6.07, 6.45) is 0.789. The van der Waals surface area contributed by atoms with Gasteiger partial charge in [-0.05, 0) is 36.6 Å². The molecule has 0 spiro atoms. The first-order valence-corrected chi connectivity index (χ1v) is 9.85. The Morgan fingerprint density at radius 1 is 1.08 bits per heavy atom. The Morgan fingerprint density at radius 2 is 1.69 bits per heavy atom. The van der Waals surface area contributed by atoms with Gasteiger partial charge in [-0.1, -0.05) is 44.2 Å². The Bertz CT molecular complexity index is 839. The van der Waals surface area contributed by atoms with Crippen molar-refractivity contribution in [2.45, 2.75) is 25.2 Å². The SMILES string of the molecule is CC(C)CCNC(=O)CN(c1ccccc1)S(=O)(=O)c1ccccc1F. The van der Waals surface area contributed by atoms with Crippen molar-refractivity contribution in [2.75, 3.05) is 17.4 Å². The average Bonchev–Trinajstić information content (AvgIpc) is 2.60. The van der Waals surface area contributed by atoms with Gasteiger partial charge in [-0.2, -0.15) is 0 Å². The number of amides is 1. The largest absolute Gasteiger partial charge is 0.355 e. The molecule has 2 rings (SSSR count). The minimum absolute atomic E-state index is 0.301. The molecule has 0 unspecified atom stereocenters. The van der Waals surface area contributed by atoms with Crippen LogP contribution in [0.1, 0.15) is 20.3 Å². The van der Waals surface area contributed by atoms with Crippen LogP contribution in [0.3, 0.4) is 0 Å². The van der Waals surface area contributed by atoms with Crippen LogP contribution in [-0.2, 0) is 14.8 Å². The third-order valence-corrected chi connectivity index (χ3v) is 5.59. The summed E-state index contributed by atoms with van der Waals surface area (Å²) in [4.78, 5) is 11.8. The Balaban J connectivity index is 2.31. The van der Waals surface area contributed by atoms with E-state index in [1.807, 2.05) is 13.8 Å². The average molecular weight is 378 g/mol. The molecule has 1 N–H and O–H groups in total. The number of rotatable bonds is 8. The van der Waals surface area contributed by atoms with E-state index in [1.54, 1.807) is 30.3 Å². The second-order valence-electron chi connectivity index (χ2n) is 6.31. The second kappa shape index (κ2) is 8.80. The van der Waals surface area contributed by atoms with Crippen molar-refractivity contribution in [3.05, 3.63) is 60.4 Å². The van der Waals surface area contributed by atoms with E-state index >= 15 is 0 Å². The number of nitrogens with one attached hydrogen (secondary N) is 1. The van der Waals surface area contributed by atoms with Crippen LogP contribution in [0.4, 0.5) is 10.1 Å². The summed E-state index contributed by atoms with van der Waals surface area (Å²) < 4.78 is 41.0. The number of hydrogen-bond acceptors (Lipinski definition) is 3. The monoisotopic (exact) mass is 378 g/mol. The van der Waals surface area contributed by atoms with Gasteiger partial charge in [0.05, 0.1) is 5.69 Å². The molecule has 140 valence electrons. The Labute approximate surface area is 153 Å². The number of nitrogens with zero attached hydrogens (tertiary/aromatic N) is 1. The van der Waals surface area contributed by atoms with Crippen LogP contribution in [0.5, 0.6) is 0 Å². The molecular formula is C19H23FN2O3S. The molecule has 26 heavy (non-hydrogen) atoms. The predicted octanol–water partition coefficient (Wildman–Crippen LogP) is 3.18. The van der Waals surface area contributed by atoms with Crippen LogP contribution < -0.4 is 9.62 Å². The molecule has 0 aliphatic rings. The first kappa shape index (κ1) is 19.9. The molecule has 2 aromatic carbocycles. The van der Waals surface area contributed by atoms with Crippen LogP contribution in [0.25, 0.3) is 0 Å². The van der Waals surface area contributed by atoms with E-state index in [0.717, 1.165) is 16.8 Å². The number of anilines is 1. The number of para-hydroxylation sites is 1. The number of carbonyl (C=O) groups excluding carboxylic acids is 1. The second-order valence-corrected chi connectivity index (χ2v) is 8.14. The molecule has 0 aliphatic carbocycles. The summed E-state index contributed by atoms with van der Waals surface area (Å²) in [5.74, 6) is -0.870. The maximum Gasteiger partial charge on any atom is 0.267 e. The maximum absolute atomic E-state index is 14.1. The zero-order chi connectivity index (χ0) is 19.2. The fourth-order valence-electron chi connectivity index (χ4n) is 2.37.